The molecule has 106 valence electrons. The van der Waals surface area contributed by atoms with Crippen LogP contribution < -0.4 is 5.32 Å². The van der Waals surface area contributed by atoms with Crippen molar-refractivity contribution in [1.29, 1.82) is 0 Å². The average molecular weight is 276 g/mol. The number of carbonyl (C=O) groups excluding carboxylic acids is 2. The molecule has 2 heterocycles. The number of hydrogen-bond acceptors (Lipinski definition) is 5. The summed E-state index contributed by atoms with van der Waals surface area (Å²) in [5.74, 6) is -0.897. The molecule has 2 aromatic heterocycles. The number of nitrogens with zero attached hydrogens (tertiary/aromatic N) is 3. The number of fused-ring (bicyclic) bond motifs is 1. The predicted molar refractivity (Wildman–Crippen MR) is 71.2 cm³/mol. The van der Waals surface area contributed by atoms with Crippen molar-refractivity contribution in [1.82, 2.24) is 19.9 Å². The number of methoxy groups -OCH3 is 1. The third kappa shape index (κ3) is 2.34. The summed E-state index contributed by atoms with van der Waals surface area (Å²) in [6, 6.07) is 1.71. The van der Waals surface area contributed by atoms with Crippen molar-refractivity contribution in [3.05, 3.63) is 30.2 Å². The molecule has 0 aliphatic rings. The molecule has 1 atom stereocenters. The Kier molecular flexibility index (Phi) is 3.69. The van der Waals surface area contributed by atoms with Gasteiger partial charge < -0.3 is 10.1 Å². The molecule has 1 N–H and O–H groups in total. The van der Waals surface area contributed by atoms with E-state index < -0.39 is 17.4 Å². The highest BCUT2D eigenvalue weighted by atomic mass is 16.5. The lowest BCUT2D eigenvalue weighted by atomic mass is 9.98. The van der Waals surface area contributed by atoms with Crippen LogP contribution in [0.3, 0.4) is 0 Å². The van der Waals surface area contributed by atoms with Gasteiger partial charge in [-0.2, -0.15) is 5.10 Å². The first-order chi connectivity index (χ1) is 9.51. The van der Waals surface area contributed by atoms with Gasteiger partial charge in [0.2, 0.25) is 0 Å². The fraction of sp³-hybridized carbons (Fsp3) is 0.385. The Morgan fingerprint density at radius 1 is 1.50 bits per heavy atom. The lowest BCUT2D eigenvalue weighted by molar-refractivity contribution is -0.147. The van der Waals surface area contributed by atoms with E-state index in [1.807, 2.05) is 0 Å². The van der Waals surface area contributed by atoms with Crippen LogP contribution in [0, 0.1) is 0 Å². The van der Waals surface area contributed by atoms with E-state index >= 15 is 0 Å². The molecular formula is C13H16N4O3. The minimum Gasteiger partial charge on any atom is -0.467 e. The van der Waals surface area contributed by atoms with Crippen molar-refractivity contribution in [3.63, 3.8) is 0 Å². The molecule has 0 radical (unpaired) electrons. The van der Waals surface area contributed by atoms with Crippen LogP contribution in [0.4, 0.5) is 0 Å². The number of ether oxygens (including phenoxy) is 1. The molecule has 0 saturated carbocycles. The maximum atomic E-state index is 12.3. The van der Waals surface area contributed by atoms with E-state index in [0.29, 0.717) is 17.6 Å². The van der Waals surface area contributed by atoms with Gasteiger partial charge in [-0.15, -0.1) is 0 Å². The van der Waals surface area contributed by atoms with Crippen molar-refractivity contribution >= 4 is 17.5 Å². The molecule has 7 nitrogen and oxygen atoms in total. The average Bonchev–Trinajstić information content (AvgIpc) is 2.90. The first-order valence-electron chi connectivity index (χ1n) is 6.21. The first-order valence-corrected chi connectivity index (χ1v) is 6.21. The number of hydrogen-bond donors (Lipinski definition) is 1. The van der Waals surface area contributed by atoms with Gasteiger partial charge in [-0.1, -0.05) is 6.92 Å². The second-order valence-corrected chi connectivity index (χ2v) is 4.58. The maximum Gasteiger partial charge on any atom is 0.331 e. The third-order valence-electron chi connectivity index (χ3n) is 3.26. The molecule has 7 heteroatoms. The maximum absolute atomic E-state index is 12.3. The summed E-state index contributed by atoms with van der Waals surface area (Å²) < 4.78 is 6.22. The van der Waals surface area contributed by atoms with Crippen molar-refractivity contribution in [2.45, 2.75) is 25.8 Å². The Morgan fingerprint density at radius 2 is 2.25 bits per heavy atom. The van der Waals surface area contributed by atoms with Gasteiger partial charge in [-0.05, 0) is 19.4 Å². The number of esters is 1. The van der Waals surface area contributed by atoms with Crippen LogP contribution in [-0.4, -0.2) is 39.1 Å². The Bertz CT molecular complexity index is 652. The molecule has 0 spiro atoms. The van der Waals surface area contributed by atoms with Crippen LogP contribution in [0.5, 0.6) is 0 Å². The Balaban J connectivity index is 2.30. The van der Waals surface area contributed by atoms with E-state index in [0.717, 1.165) is 0 Å². The zero-order chi connectivity index (χ0) is 14.8. The molecular weight excluding hydrogens is 260 g/mol. The highest BCUT2D eigenvalue weighted by molar-refractivity contribution is 6.02. The summed E-state index contributed by atoms with van der Waals surface area (Å²) in [6.45, 7) is 3.42. The van der Waals surface area contributed by atoms with Crippen LogP contribution in [0.2, 0.25) is 0 Å². The van der Waals surface area contributed by atoms with Gasteiger partial charge in [-0.25, -0.2) is 14.3 Å². The topological polar surface area (TPSA) is 85.6 Å². The summed E-state index contributed by atoms with van der Waals surface area (Å²) in [6.07, 6.45) is 5.11. The predicted octanol–water partition coefficient (Wildman–Crippen LogP) is 0.801. The summed E-state index contributed by atoms with van der Waals surface area (Å²) in [4.78, 5) is 28.2. The van der Waals surface area contributed by atoms with Crippen LogP contribution in [0.15, 0.2) is 24.7 Å². The molecule has 0 fully saturated rings. The van der Waals surface area contributed by atoms with E-state index in [9.17, 15) is 9.59 Å². The molecule has 0 saturated heterocycles. The quantitative estimate of drug-likeness (QED) is 0.835. The monoisotopic (exact) mass is 276 g/mol. The SMILES string of the molecule is CC[C@](C)(NC(=O)c1cnn2cccnc12)C(=O)OC. The molecule has 2 aromatic rings. The number of rotatable bonds is 4. The minimum absolute atomic E-state index is 0.314. The van der Waals surface area contributed by atoms with Gasteiger partial charge in [0, 0.05) is 12.4 Å². The fourth-order valence-corrected chi connectivity index (χ4v) is 1.81. The van der Waals surface area contributed by atoms with Crippen LogP contribution >= 0.6 is 0 Å². The Labute approximate surface area is 115 Å². The highest BCUT2D eigenvalue weighted by Gasteiger charge is 2.35. The molecule has 0 aliphatic carbocycles. The van der Waals surface area contributed by atoms with E-state index in [4.69, 9.17) is 4.74 Å². The molecule has 20 heavy (non-hydrogen) atoms. The fourth-order valence-electron chi connectivity index (χ4n) is 1.81. The van der Waals surface area contributed by atoms with Gasteiger partial charge in [0.1, 0.15) is 11.1 Å². The smallest absolute Gasteiger partial charge is 0.331 e. The van der Waals surface area contributed by atoms with Gasteiger partial charge in [0.15, 0.2) is 5.65 Å². The second kappa shape index (κ2) is 5.28. The molecule has 1 amide bonds. The summed E-state index contributed by atoms with van der Waals surface area (Å²) in [5, 5.41) is 6.72. The highest BCUT2D eigenvalue weighted by Crippen LogP contribution is 2.14. The standard InChI is InChI=1S/C13H16N4O3/c1-4-13(2,12(19)20-3)16-11(18)9-8-15-17-7-5-6-14-10(9)17/h5-8H,4H2,1-3H3,(H,16,18)/t13-/m0/s1. The van der Waals surface area contributed by atoms with E-state index in [2.05, 4.69) is 15.4 Å². The van der Waals surface area contributed by atoms with Gasteiger partial charge >= 0.3 is 5.97 Å². The zero-order valence-corrected chi connectivity index (χ0v) is 11.6. The largest absolute Gasteiger partial charge is 0.467 e. The molecule has 2 rings (SSSR count). The number of nitrogens with one attached hydrogen (secondary N) is 1. The van der Waals surface area contributed by atoms with E-state index in [1.165, 1.54) is 17.8 Å². The lowest BCUT2D eigenvalue weighted by Crippen LogP contribution is -2.52. The van der Waals surface area contributed by atoms with Crippen molar-refractivity contribution in [3.8, 4) is 0 Å². The van der Waals surface area contributed by atoms with Crippen LogP contribution in [0.1, 0.15) is 30.6 Å². The number of amides is 1. The van der Waals surface area contributed by atoms with E-state index in [1.54, 1.807) is 32.3 Å². The van der Waals surface area contributed by atoms with Crippen molar-refractivity contribution in [2.75, 3.05) is 7.11 Å². The second-order valence-electron chi connectivity index (χ2n) is 4.58. The zero-order valence-electron chi connectivity index (χ0n) is 11.6. The molecule has 0 unspecified atom stereocenters. The van der Waals surface area contributed by atoms with Crippen LogP contribution in [-0.2, 0) is 9.53 Å². The van der Waals surface area contributed by atoms with E-state index in [-0.39, 0.29) is 0 Å². The van der Waals surface area contributed by atoms with Gasteiger partial charge in [0.25, 0.3) is 5.91 Å². The Morgan fingerprint density at radius 3 is 2.90 bits per heavy atom. The Hall–Kier alpha value is -2.44. The van der Waals surface area contributed by atoms with Crippen molar-refractivity contribution < 1.29 is 14.3 Å². The summed E-state index contributed by atoms with van der Waals surface area (Å²) >= 11 is 0. The molecule has 0 aromatic carbocycles. The first kappa shape index (κ1) is 14.0. The summed E-state index contributed by atoms with van der Waals surface area (Å²) in [7, 11) is 1.29. The summed E-state index contributed by atoms with van der Waals surface area (Å²) in [5.41, 5.74) is -0.322. The molecule has 0 bridgehead atoms. The number of aromatic nitrogens is 3. The van der Waals surface area contributed by atoms with Crippen LogP contribution in [0.25, 0.3) is 5.65 Å². The normalized spacial score (nSPS) is 13.8. The van der Waals surface area contributed by atoms with Crippen molar-refractivity contribution in [2.24, 2.45) is 0 Å². The molecule has 0 aliphatic heterocycles. The van der Waals surface area contributed by atoms with Gasteiger partial charge in [-0.3, -0.25) is 4.79 Å². The third-order valence-corrected chi connectivity index (χ3v) is 3.26. The number of carbonyl (C=O) groups is 2. The lowest BCUT2D eigenvalue weighted by Gasteiger charge is -2.26. The van der Waals surface area contributed by atoms with Gasteiger partial charge in [0.05, 0.1) is 13.3 Å². The minimum atomic E-state index is -1.07.